The smallest absolute Gasteiger partial charge is 0.191 e. The fourth-order valence-electron chi connectivity index (χ4n) is 3.02. The van der Waals surface area contributed by atoms with Crippen LogP contribution in [0.2, 0.25) is 0 Å². The highest BCUT2D eigenvalue weighted by Crippen LogP contribution is 2.26. The van der Waals surface area contributed by atoms with Gasteiger partial charge in [0.15, 0.2) is 5.96 Å². The number of halogens is 1. The number of ether oxygens (including phenoxy) is 2. The van der Waals surface area contributed by atoms with Gasteiger partial charge >= 0.3 is 0 Å². The zero-order valence-corrected chi connectivity index (χ0v) is 19.7. The van der Waals surface area contributed by atoms with E-state index in [1.165, 1.54) is 0 Å². The van der Waals surface area contributed by atoms with Crippen LogP contribution in [0.25, 0.3) is 0 Å². The van der Waals surface area contributed by atoms with Gasteiger partial charge in [-0.25, -0.2) is 0 Å². The van der Waals surface area contributed by atoms with E-state index in [-0.39, 0.29) is 29.5 Å². The van der Waals surface area contributed by atoms with Gasteiger partial charge in [0.1, 0.15) is 0 Å². The van der Waals surface area contributed by atoms with E-state index >= 15 is 0 Å². The van der Waals surface area contributed by atoms with Crippen LogP contribution in [0, 0.1) is 0 Å². The van der Waals surface area contributed by atoms with E-state index in [2.05, 4.69) is 48.5 Å². The van der Waals surface area contributed by atoms with Crippen molar-refractivity contribution >= 4 is 29.9 Å². The summed E-state index contributed by atoms with van der Waals surface area (Å²) >= 11 is 0. The van der Waals surface area contributed by atoms with Crippen molar-refractivity contribution in [1.82, 2.24) is 20.4 Å². The third-order valence-corrected chi connectivity index (χ3v) is 4.92. The van der Waals surface area contributed by atoms with Gasteiger partial charge in [0.25, 0.3) is 0 Å². The molecular formula is C18H40IN5O2. The molecule has 0 aromatic carbocycles. The first-order chi connectivity index (χ1) is 12.0. The Labute approximate surface area is 177 Å². The average Bonchev–Trinajstić information content (AvgIpc) is 2.60. The lowest BCUT2D eigenvalue weighted by Crippen LogP contribution is -2.52. The number of hydrogen-bond donors (Lipinski definition) is 2. The second-order valence-corrected chi connectivity index (χ2v) is 7.00. The molecule has 2 N–H and O–H groups in total. The summed E-state index contributed by atoms with van der Waals surface area (Å²) in [7, 11) is 8.19. The van der Waals surface area contributed by atoms with E-state index in [4.69, 9.17) is 14.5 Å². The molecule has 1 rings (SSSR count). The van der Waals surface area contributed by atoms with Gasteiger partial charge in [-0.3, -0.25) is 4.99 Å². The van der Waals surface area contributed by atoms with Crippen molar-refractivity contribution in [2.24, 2.45) is 4.99 Å². The molecular weight excluding hydrogens is 445 g/mol. The number of aliphatic imine (C=N–C) groups is 1. The lowest BCUT2D eigenvalue weighted by atomic mass is 9.89. The molecule has 0 unspecified atom stereocenters. The van der Waals surface area contributed by atoms with Gasteiger partial charge in [0.2, 0.25) is 0 Å². The van der Waals surface area contributed by atoms with Crippen molar-refractivity contribution in [3.63, 3.8) is 0 Å². The fraction of sp³-hybridized carbons (Fsp3) is 0.944. The molecule has 0 aliphatic carbocycles. The molecule has 7 nitrogen and oxygen atoms in total. The number of likely N-dealkylation sites (N-methyl/N-ethyl adjacent to an activating group) is 2. The maximum absolute atomic E-state index is 5.54. The minimum atomic E-state index is 0. The van der Waals surface area contributed by atoms with Crippen molar-refractivity contribution in [1.29, 1.82) is 0 Å². The van der Waals surface area contributed by atoms with Crippen molar-refractivity contribution in [3.05, 3.63) is 0 Å². The Morgan fingerprint density at radius 3 is 2.42 bits per heavy atom. The van der Waals surface area contributed by atoms with Crippen molar-refractivity contribution in [2.45, 2.75) is 31.7 Å². The van der Waals surface area contributed by atoms with Crippen LogP contribution in [0.5, 0.6) is 0 Å². The van der Waals surface area contributed by atoms with Crippen LogP contribution in [-0.4, -0.2) is 102 Å². The molecule has 0 radical (unpaired) electrons. The topological polar surface area (TPSA) is 61.4 Å². The van der Waals surface area contributed by atoms with Crippen LogP contribution in [-0.2, 0) is 9.47 Å². The lowest BCUT2D eigenvalue weighted by Gasteiger charge is -2.41. The molecule has 0 aromatic heterocycles. The molecule has 0 aromatic rings. The van der Waals surface area contributed by atoms with Crippen molar-refractivity contribution < 1.29 is 9.47 Å². The number of hydrogen-bond acceptors (Lipinski definition) is 5. The SMILES string of the molecule is CCNC(=NCC1(N(C)C)CCOCC1)NCCN(C)CCCOC.I. The molecule has 156 valence electrons. The van der Waals surface area contributed by atoms with Crippen molar-refractivity contribution in [2.75, 3.05) is 80.8 Å². The Morgan fingerprint density at radius 2 is 1.85 bits per heavy atom. The molecule has 0 amide bonds. The molecule has 26 heavy (non-hydrogen) atoms. The van der Waals surface area contributed by atoms with Crippen molar-refractivity contribution in [3.8, 4) is 0 Å². The largest absolute Gasteiger partial charge is 0.385 e. The number of rotatable bonds is 11. The molecule has 1 heterocycles. The minimum absolute atomic E-state index is 0. The molecule has 0 atom stereocenters. The summed E-state index contributed by atoms with van der Waals surface area (Å²) in [5.41, 5.74) is 0.109. The molecule has 0 bridgehead atoms. The highest BCUT2D eigenvalue weighted by Gasteiger charge is 2.34. The van der Waals surface area contributed by atoms with E-state index < -0.39 is 0 Å². The first kappa shape index (κ1) is 25.8. The summed E-state index contributed by atoms with van der Waals surface area (Å²) < 4.78 is 10.6. The van der Waals surface area contributed by atoms with E-state index in [9.17, 15) is 0 Å². The van der Waals surface area contributed by atoms with Gasteiger partial charge in [-0.05, 0) is 47.3 Å². The van der Waals surface area contributed by atoms with Crippen LogP contribution >= 0.6 is 24.0 Å². The second kappa shape index (κ2) is 14.8. The predicted octanol–water partition coefficient (Wildman–Crippen LogP) is 1.24. The fourth-order valence-corrected chi connectivity index (χ4v) is 3.02. The Hall–Kier alpha value is -0.160. The van der Waals surface area contributed by atoms with Crippen LogP contribution in [0.4, 0.5) is 0 Å². The Balaban J connectivity index is 0.00000625. The molecule has 1 saturated heterocycles. The van der Waals surface area contributed by atoms with Gasteiger partial charge in [-0.1, -0.05) is 0 Å². The molecule has 0 spiro atoms. The highest BCUT2D eigenvalue weighted by molar-refractivity contribution is 14.0. The number of nitrogens with zero attached hydrogens (tertiary/aromatic N) is 3. The van der Waals surface area contributed by atoms with Gasteiger partial charge < -0.3 is 29.9 Å². The highest BCUT2D eigenvalue weighted by atomic mass is 127. The molecule has 1 aliphatic heterocycles. The maximum Gasteiger partial charge on any atom is 0.191 e. The molecule has 8 heteroatoms. The normalized spacial score (nSPS) is 17.3. The third kappa shape index (κ3) is 9.68. The summed E-state index contributed by atoms with van der Waals surface area (Å²) in [5.74, 6) is 0.903. The van der Waals surface area contributed by atoms with Gasteiger partial charge in [-0.2, -0.15) is 0 Å². The third-order valence-electron chi connectivity index (χ3n) is 4.92. The first-order valence-corrected chi connectivity index (χ1v) is 9.49. The molecule has 1 fully saturated rings. The Bertz CT molecular complexity index is 377. The van der Waals surface area contributed by atoms with E-state index in [0.717, 1.165) is 77.8 Å². The molecule has 0 saturated carbocycles. The van der Waals surface area contributed by atoms with Gasteiger partial charge in [0, 0.05) is 58.6 Å². The van der Waals surface area contributed by atoms with E-state index in [1.54, 1.807) is 7.11 Å². The maximum atomic E-state index is 5.54. The first-order valence-electron chi connectivity index (χ1n) is 9.49. The quantitative estimate of drug-likeness (QED) is 0.199. The number of nitrogens with one attached hydrogen (secondary N) is 2. The van der Waals surface area contributed by atoms with Gasteiger partial charge in [0.05, 0.1) is 6.54 Å². The van der Waals surface area contributed by atoms with Crippen LogP contribution in [0.3, 0.4) is 0 Å². The van der Waals surface area contributed by atoms with E-state index in [1.807, 2.05) is 0 Å². The molecule has 1 aliphatic rings. The van der Waals surface area contributed by atoms with Crippen LogP contribution < -0.4 is 10.6 Å². The summed E-state index contributed by atoms with van der Waals surface area (Å²) in [4.78, 5) is 9.49. The van der Waals surface area contributed by atoms with E-state index in [0.29, 0.717) is 0 Å². The summed E-state index contributed by atoms with van der Waals surface area (Å²) in [6.45, 7) is 9.15. The standard InChI is InChI=1S/C18H39N5O2.HI/c1-6-19-17(20-10-12-23(4)11-7-13-24-5)21-16-18(22(2)3)8-14-25-15-9-18;/h6-16H2,1-5H3,(H2,19,20,21);1H. The predicted molar refractivity (Wildman–Crippen MR) is 120 cm³/mol. The Morgan fingerprint density at radius 1 is 1.15 bits per heavy atom. The average molecular weight is 485 g/mol. The monoisotopic (exact) mass is 485 g/mol. The second-order valence-electron chi connectivity index (χ2n) is 7.00. The summed E-state index contributed by atoms with van der Waals surface area (Å²) in [5, 5.41) is 6.81. The number of guanidine groups is 1. The van der Waals surface area contributed by atoms with Crippen LogP contribution in [0.1, 0.15) is 26.2 Å². The zero-order chi connectivity index (χ0) is 18.5. The Kier molecular flexibility index (Phi) is 14.8. The summed E-state index contributed by atoms with van der Waals surface area (Å²) in [6.07, 6.45) is 3.13. The zero-order valence-electron chi connectivity index (χ0n) is 17.3. The minimum Gasteiger partial charge on any atom is -0.385 e. The van der Waals surface area contributed by atoms with Crippen LogP contribution in [0.15, 0.2) is 4.99 Å². The summed E-state index contributed by atoms with van der Waals surface area (Å²) in [6, 6.07) is 0. The number of methoxy groups -OCH3 is 1. The lowest BCUT2D eigenvalue weighted by molar-refractivity contribution is -0.00254. The van der Waals surface area contributed by atoms with Gasteiger partial charge in [-0.15, -0.1) is 24.0 Å².